The summed E-state index contributed by atoms with van der Waals surface area (Å²) in [6.07, 6.45) is 0. The highest BCUT2D eigenvalue weighted by Gasteiger charge is 2.23. The molecule has 0 aliphatic heterocycles. The van der Waals surface area contributed by atoms with Crippen LogP contribution < -0.4 is 4.72 Å². The zero-order valence-corrected chi connectivity index (χ0v) is 11.8. The number of hydrogen-bond donors (Lipinski definition) is 3. The molecule has 2 rings (SSSR count). The molecule has 0 bridgehead atoms. The van der Waals surface area contributed by atoms with E-state index >= 15 is 0 Å². The van der Waals surface area contributed by atoms with Gasteiger partial charge in [0.1, 0.15) is 0 Å². The van der Waals surface area contributed by atoms with Crippen molar-refractivity contribution >= 4 is 10.0 Å². The van der Waals surface area contributed by atoms with E-state index in [0.29, 0.717) is 11.1 Å². The first kappa shape index (κ1) is 14.6. The van der Waals surface area contributed by atoms with Crippen LogP contribution in [0.2, 0.25) is 0 Å². The lowest BCUT2D eigenvalue weighted by Gasteiger charge is -2.14. The van der Waals surface area contributed by atoms with Gasteiger partial charge < -0.3 is 5.11 Å². The average molecular weight is 297 g/mol. The van der Waals surface area contributed by atoms with Crippen LogP contribution in [0.4, 0.5) is 0 Å². The van der Waals surface area contributed by atoms with Crippen molar-refractivity contribution in [1.29, 1.82) is 0 Å². The lowest BCUT2D eigenvalue weighted by Crippen LogP contribution is -2.28. The van der Waals surface area contributed by atoms with Gasteiger partial charge in [-0.3, -0.25) is 0 Å². The van der Waals surface area contributed by atoms with E-state index < -0.39 is 16.1 Å². The van der Waals surface area contributed by atoms with Crippen LogP contribution >= 0.6 is 0 Å². The number of sulfonamides is 1. The van der Waals surface area contributed by atoms with Gasteiger partial charge in [0.25, 0.3) is 0 Å². The van der Waals surface area contributed by atoms with Crippen LogP contribution in [0.5, 0.6) is 0 Å². The molecule has 20 heavy (non-hydrogen) atoms. The summed E-state index contributed by atoms with van der Waals surface area (Å²) >= 11 is 0. The van der Waals surface area contributed by atoms with Crippen molar-refractivity contribution in [2.45, 2.75) is 31.4 Å². The fourth-order valence-electron chi connectivity index (χ4n) is 1.82. The summed E-state index contributed by atoms with van der Waals surface area (Å²) in [6, 6.07) is 4.14. The second-order valence-electron chi connectivity index (χ2n) is 4.31. The van der Waals surface area contributed by atoms with Gasteiger partial charge in [-0.15, -0.1) is 10.2 Å². The molecule has 1 unspecified atom stereocenters. The zero-order valence-electron chi connectivity index (χ0n) is 11.0. The molecule has 0 aliphatic rings. The molecule has 1 atom stereocenters. The molecule has 9 heteroatoms. The molecule has 1 heterocycles. The third-order valence-corrected chi connectivity index (χ3v) is 4.62. The van der Waals surface area contributed by atoms with Crippen molar-refractivity contribution in [2.75, 3.05) is 0 Å². The van der Waals surface area contributed by atoms with Crippen LogP contribution in [-0.4, -0.2) is 34.1 Å². The Morgan fingerprint density at radius 3 is 2.80 bits per heavy atom. The third-order valence-electron chi connectivity index (χ3n) is 2.94. The van der Waals surface area contributed by atoms with E-state index in [-0.39, 0.29) is 17.3 Å². The highest BCUT2D eigenvalue weighted by Crippen LogP contribution is 2.20. The van der Waals surface area contributed by atoms with Crippen molar-refractivity contribution in [1.82, 2.24) is 25.3 Å². The van der Waals surface area contributed by atoms with Crippen molar-refractivity contribution in [3.05, 3.63) is 35.2 Å². The topological polar surface area (TPSA) is 121 Å². The third kappa shape index (κ3) is 2.84. The number of aliphatic hydroxyl groups is 1. The van der Waals surface area contributed by atoms with Crippen molar-refractivity contribution in [3.63, 3.8) is 0 Å². The molecule has 0 saturated carbocycles. The van der Waals surface area contributed by atoms with Crippen molar-refractivity contribution in [2.24, 2.45) is 0 Å². The smallest absolute Gasteiger partial charge is 0.241 e. The first-order valence-electron chi connectivity index (χ1n) is 5.90. The quantitative estimate of drug-likeness (QED) is 0.716. The molecular formula is C11H15N5O3S. The second-order valence-corrected chi connectivity index (χ2v) is 5.99. The Hall–Kier alpha value is -1.84. The number of tetrazole rings is 1. The minimum atomic E-state index is -3.73. The Morgan fingerprint density at radius 2 is 2.20 bits per heavy atom. The summed E-state index contributed by atoms with van der Waals surface area (Å²) in [5.74, 6) is 0.254. The van der Waals surface area contributed by atoms with Gasteiger partial charge >= 0.3 is 0 Å². The summed E-state index contributed by atoms with van der Waals surface area (Å²) in [5, 5.41) is 22.3. The molecule has 1 aromatic heterocycles. The van der Waals surface area contributed by atoms with E-state index in [9.17, 15) is 13.5 Å². The van der Waals surface area contributed by atoms with E-state index in [1.165, 1.54) is 6.07 Å². The molecule has 0 amide bonds. The summed E-state index contributed by atoms with van der Waals surface area (Å²) in [4.78, 5) is 0.124. The van der Waals surface area contributed by atoms with Crippen LogP contribution in [0.1, 0.15) is 29.9 Å². The summed E-state index contributed by atoms with van der Waals surface area (Å²) in [7, 11) is -3.73. The number of aromatic nitrogens is 4. The second kappa shape index (κ2) is 5.65. The van der Waals surface area contributed by atoms with Crippen LogP contribution in [0.3, 0.4) is 0 Å². The molecule has 0 fully saturated rings. The van der Waals surface area contributed by atoms with E-state index in [1.807, 2.05) is 0 Å². The maximum Gasteiger partial charge on any atom is 0.241 e. The van der Waals surface area contributed by atoms with Crippen LogP contribution in [0.25, 0.3) is 0 Å². The number of aromatic amines is 1. The SMILES string of the molecule is Cc1c(CO)cccc1S(=O)(=O)NC(C)c1nn[nH]n1. The standard InChI is InChI=1S/C11H15N5O3S/c1-7-9(6-17)4-3-5-10(7)20(18,19)14-8(2)11-12-15-16-13-11/h3-5,8,14,17H,6H2,1-2H3,(H,12,13,15,16). The number of rotatable bonds is 5. The highest BCUT2D eigenvalue weighted by atomic mass is 32.2. The van der Waals surface area contributed by atoms with Crippen molar-refractivity contribution < 1.29 is 13.5 Å². The number of nitrogens with one attached hydrogen (secondary N) is 2. The first-order valence-corrected chi connectivity index (χ1v) is 7.39. The minimum Gasteiger partial charge on any atom is -0.392 e. The van der Waals surface area contributed by atoms with Gasteiger partial charge in [0, 0.05) is 0 Å². The number of nitrogens with zero attached hydrogens (tertiary/aromatic N) is 3. The van der Waals surface area contributed by atoms with E-state index in [1.54, 1.807) is 26.0 Å². The molecule has 0 saturated heterocycles. The zero-order chi connectivity index (χ0) is 14.8. The number of benzene rings is 1. The maximum absolute atomic E-state index is 12.3. The Kier molecular flexibility index (Phi) is 4.12. The van der Waals surface area contributed by atoms with Crippen molar-refractivity contribution in [3.8, 4) is 0 Å². The van der Waals surface area contributed by atoms with Gasteiger partial charge in [-0.1, -0.05) is 17.3 Å². The normalized spacial score (nSPS) is 13.3. The number of H-pyrrole nitrogens is 1. The highest BCUT2D eigenvalue weighted by molar-refractivity contribution is 7.89. The molecule has 2 aromatic rings. The monoisotopic (exact) mass is 297 g/mol. The molecule has 108 valence electrons. The van der Waals surface area contributed by atoms with Gasteiger partial charge in [0.05, 0.1) is 17.5 Å². The van der Waals surface area contributed by atoms with E-state index in [0.717, 1.165) is 0 Å². The van der Waals surface area contributed by atoms with E-state index in [2.05, 4.69) is 25.3 Å². The van der Waals surface area contributed by atoms with Crippen LogP contribution in [-0.2, 0) is 16.6 Å². The van der Waals surface area contributed by atoms with Gasteiger partial charge in [-0.2, -0.15) is 5.21 Å². The summed E-state index contributed by atoms with van der Waals surface area (Å²) in [5.41, 5.74) is 1.09. The molecular weight excluding hydrogens is 282 g/mol. The fraction of sp³-hybridized carbons (Fsp3) is 0.364. The first-order chi connectivity index (χ1) is 9.45. The predicted molar refractivity (Wildman–Crippen MR) is 70.0 cm³/mol. The molecule has 3 N–H and O–H groups in total. The van der Waals surface area contributed by atoms with Gasteiger partial charge in [0.2, 0.25) is 10.0 Å². The molecule has 0 spiro atoms. The fourth-order valence-corrected chi connectivity index (χ4v) is 3.31. The van der Waals surface area contributed by atoms with Crippen LogP contribution in [0, 0.1) is 6.92 Å². The molecule has 0 radical (unpaired) electrons. The minimum absolute atomic E-state index is 0.124. The number of hydrogen-bond acceptors (Lipinski definition) is 6. The largest absolute Gasteiger partial charge is 0.392 e. The van der Waals surface area contributed by atoms with Crippen LogP contribution in [0.15, 0.2) is 23.1 Å². The molecule has 0 aliphatic carbocycles. The Labute approximate surface area is 116 Å². The van der Waals surface area contributed by atoms with Gasteiger partial charge in [-0.25, -0.2) is 13.1 Å². The van der Waals surface area contributed by atoms with E-state index in [4.69, 9.17) is 0 Å². The van der Waals surface area contributed by atoms with Gasteiger partial charge in [-0.05, 0) is 31.0 Å². The molecule has 1 aromatic carbocycles. The van der Waals surface area contributed by atoms with Gasteiger partial charge in [0.15, 0.2) is 5.82 Å². The number of aliphatic hydroxyl groups excluding tert-OH is 1. The summed E-state index contributed by atoms with van der Waals surface area (Å²) < 4.78 is 27.2. The maximum atomic E-state index is 12.3. The Balaban J connectivity index is 2.31. The summed E-state index contributed by atoms with van der Waals surface area (Å²) in [6.45, 7) is 3.06. The lowest BCUT2D eigenvalue weighted by molar-refractivity contribution is 0.280. The lowest BCUT2D eigenvalue weighted by atomic mass is 10.1. The average Bonchev–Trinajstić information content (AvgIpc) is 2.92. The predicted octanol–water partition coefficient (Wildman–Crippen LogP) is 0.0399. The molecule has 8 nitrogen and oxygen atoms in total. The Bertz CT molecular complexity index is 684. The Morgan fingerprint density at radius 1 is 1.45 bits per heavy atom.